The van der Waals surface area contributed by atoms with Crippen LogP contribution in [0.5, 0.6) is 23.0 Å². The van der Waals surface area contributed by atoms with Gasteiger partial charge in [0.15, 0.2) is 0 Å². The van der Waals surface area contributed by atoms with Crippen LogP contribution in [0.3, 0.4) is 0 Å². The molecule has 0 atom stereocenters. The number of phenolic OH excluding ortho intramolecular Hbond substituents is 4. The van der Waals surface area contributed by atoms with Gasteiger partial charge in [-0.2, -0.15) is 0 Å². The first-order valence-corrected chi connectivity index (χ1v) is 13.3. The summed E-state index contributed by atoms with van der Waals surface area (Å²) in [5, 5.41) is 59.8. The second-order valence-corrected chi connectivity index (χ2v) is 9.85. The van der Waals surface area contributed by atoms with Crippen molar-refractivity contribution < 1.29 is 37.8 Å². The number of rotatable bonds is 4. The van der Waals surface area contributed by atoms with Gasteiger partial charge in [0.25, 0.3) is 0 Å². The molecule has 0 aliphatic heterocycles. The maximum Gasteiger partial charge on any atom is 0.143 e. The van der Waals surface area contributed by atoms with E-state index in [9.17, 15) is 20.4 Å². The fourth-order valence-corrected chi connectivity index (χ4v) is 4.39. The quantitative estimate of drug-likeness (QED) is 0.109. The van der Waals surface area contributed by atoms with Crippen LogP contribution < -0.4 is 0 Å². The zero-order valence-electron chi connectivity index (χ0n) is 24.1. The van der Waals surface area contributed by atoms with Crippen LogP contribution in [0.25, 0.3) is 21.5 Å². The van der Waals surface area contributed by atoms with Crippen molar-refractivity contribution in [2.45, 2.75) is 0 Å². The molecule has 0 radical (unpaired) electrons. The molecule has 0 heterocycles. The van der Waals surface area contributed by atoms with Gasteiger partial charge in [0.05, 0.1) is 0 Å². The first-order chi connectivity index (χ1) is 20.3. The second-order valence-electron chi connectivity index (χ2n) is 8.97. The van der Waals surface area contributed by atoms with Crippen molar-refractivity contribution >= 4 is 67.5 Å². The predicted octanol–water partition coefficient (Wildman–Crippen LogP) is 11.5. The Morgan fingerprint density at radius 3 is 1.18 bits per heavy atom. The third-order valence-corrected chi connectivity index (χ3v) is 6.62. The van der Waals surface area contributed by atoms with Crippen LogP contribution in [0.15, 0.2) is 130 Å². The smallest absolute Gasteiger partial charge is 0.143 e. The molecule has 0 spiro atoms. The van der Waals surface area contributed by atoms with Crippen LogP contribution in [0.2, 0.25) is 10.0 Å². The number of hydrogen-bond acceptors (Lipinski definition) is 8. The summed E-state index contributed by atoms with van der Waals surface area (Å²) in [7, 11) is 0. The SMILES string of the molecule is Oc1ccc(Cl)cc1N=Nc1c(O)ccc2ccccc12.Oc1ccc(Cl)cc1N=Nc1c(O)ccc2ccccc12.[CH3+].[CH3+].[Cr]. The molecule has 0 fully saturated rings. The summed E-state index contributed by atoms with van der Waals surface area (Å²) in [6, 6.07) is 30.8. The maximum absolute atomic E-state index is 9.97. The van der Waals surface area contributed by atoms with Gasteiger partial charge >= 0.3 is 0 Å². The van der Waals surface area contributed by atoms with Crippen LogP contribution in [0, 0.1) is 14.9 Å². The predicted molar refractivity (Wildman–Crippen MR) is 179 cm³/mol. The molecule has 6 rings (SSSR count). The number of benzene rings is 6. The molecule has 0 amide bonds. The van der Waals surface area contributed by atoms with Crippen molar-refractivity contribution in [2.24, 2.45) is 20.5 Å². The van der Waals surface area contributed by atoms with Gasteiger partial charge in [0.2, 0.25) is 0 Å². The molecular formula is C34H28Cl2CrN4O4+2. The van der Waals surface area contributed by atoms with Crippen molar-refractivity contribution in [3.05, 3.63) is 134 Å². The van der Waals surface area contributed by atoms with E-state index in [2.05, 4.69) is 20.5 Å². The van der Waals surface area contributed by atoms with Crippen LogP contribution in [-0.4, -0.2) is 20.4 Å². The first kappa shape index (κ1) is 36.3. The maximum atomic E-state index is 9.97. The van der Waals surface area contributed by atoms with Gasteiger partial charge in [0, 0.05) is 53.0 Å². The Bertz CT molecular complexity index is 1840. The van der Waals surface area contributed by atoms with Crippen molar-refractivity contribution in [1.29, 1.82) is 0 Å². The summed E-state index contributed by atoms with van der Waals surface area (Å²) in [4.78, 5) is 0. The number of halogens is 2. The standard InChI is InChI=1S/2C16H11ClN2O2.2CH3.Cr/c2*17-11-6-8-14(20)13(9-11)18-19-16-12-4-2-1-3-10(12)5-7-15(16)21;;;/h2*1-9,20-21H;2*1H3;/q;;2*+1;. The summed E-state index contributed by atoms with van der Waals surface area (Å²) in [5.41, 5.74) is 1.20. The minimum atomic E-state index is -0.0251. The topological polar surface area (TPSA) is 130 Å². The van der Waals surface area contributed by atoms with Crippen LogP contribution >= 0.6 is 23.2 Å². The van der Waals surface area contributed by atoms with E-state index in [1.165, 1.54) is 24.3 Å². The number of nitrogens with zero attached hydrogens (tertiary/aromatic N) is 4. The molecule has 4 N–H and O–H groups in total. The van der Waals surface area contributed by atoms with Crippen LogP contribution in [0.1, 0.15) is 0 Å². The van der Waals surface area contributed by atoms with E-state index in [1.54, 1.807) is 36.4 Å². The third kappa shape index (κ3) is 8.60. The van der Waals surface area contributed by atoms with Gasteiger partial charge in [0.1, 0.15) is 45.7 Å². The number of hydrogen-bond donors (Lipinski definition) is 4. The van der Waals surface area contributed by atoms with E-state index in [0.29, 0.717) is 21.4 Å². The zero-order valence-corrected chi connectivity index (χ0v) is 26.9. The molecule has 6 aromatic carbocycles. The van der Waals surface area contributed by atoms with Crippen LogP contribution in [-0.2, 0) is 17.4 Å². The van der Waals surface area contributed by atoms with Gasteiger partial charge in [-0.25, -0.2) is 0 Å². The minimum Gasteiger partial charge on any atom is -0.506 e. The molecule has 0 saturated heterocycles. The van der Waals surface area contributed by atoms with Crippen molar-refractivity contribution in [3.63, 3.8) is 0 Å². The van der Waals surface area contributed by atoms with E-state index >= 15 is 0 Å². The molecule has 6 aromatic rings. The Kier molecular flexibility index (Phi) is 13.1. The van der Waals surface area contributed by atoms with E-state index in [-0.39, 0.29) is 66.6 Å². The third-order valence-electron chi connectivity index (χ3n) is 6.15. The molecule has 45 heavy (non-hydrogen) atoms. The van der Waals surface area contributed by atoms with E-state index in [1.807, 2.05) is 48.5 Å². The second kappa shape index (κ2) is 16.2. The average Bonchev–Trinajstić information content (AvgIpc) is 2.99. The molecule has 8 nitrogen and oxygen atoms in total. The Morgan fingerprint density at radius 1 is 0.422 bits per heavy atom. The molecule has 11 heteroatoms. The van der Waals surface area contributed by atoms with Crippen molar-refractivity contribution in [2.75, 3.05) is 0 Å². The fraction of sp³-hybridized carbons (Fsp3) is 0. The Morgan fingerprint density at radius 2 is 0.778 bits per heavy atom. The largest absolute Gasteiger partial charge is 0.506 e. The molecule has 0 aromatic heterocycles. The van der Waals surface area contributed by atoms with Crippen molar-refractivity contribution in [1.82, 2.24) is 0 Å². The number of azo groups is 2. The average molecular weight is 680 g/mol. The van der Waals surface area contributed by atoms with Crippen LogP contribution in [0.4, 0.5) is 22.7 Å². The zero-order chi connectivity index (χ0) is 29.6. The van der Waals surface area contributed by atoms with Crippen molar-refractivity contribution in [3.8, 4) is 23.0 Å². The molecule has 226 valence electrons. The summed E-state index contributed by atoms with van der Waals surface area (Å²) >= 11 is 11.7. The molecule has 0 bridgehead atoms. The summed E-state index contributed by atoms with van der Waals surface area (Å²) in [5.74, 6) is 0.00342. The summed E-state index contributed by atoms with van der Waals surface area (Å²) < 4.78 is 0. The first-order valence-electron chi connectivity index (χ1n) is 12.5. The molecule has 0 saturated carbocycles. The fourth-order valence-electron chi connectivity index (χ4n) is 4.06. The molecule has 0 aliphatic rings. The van der Waals surface area contributed by atoms with Gasteiger partial charge < -0.3 is 20.4 Å². The van der Waals surface area contributed by atoms with E-state index in [0.717, 1.165) is 21.5 Å². The van der Waals surface area contributed by atoms with Gasteiger partial charge in [-0.1, -0.05) is 83.9 Å². The number of fused-ring (bicyclic) bond motifs is 2. The molecule has 0 aliphatic carbocycles. The number of aromatic hydroxyl groups is 4. The van der Waals surface area contributed by atoms with Gasteiger partial charge in [-0.15, -0.1) is 20.5 Å². The van der Waals surface area contributed by atoms with Gasteiger partial charge in [-0.05, 0) is 59.3 Å². The Balaban J connectivity index is 0.000000294. The number of phenols is 4. The normalized spacial score (nSPS) is 10.5. The minimum absolute atomic E-state index is 0. The van der Waals surface area contributed by atoms with Gasteiger partial charge in [-0.3, -0.25) is 0 Å². The Hall–Kier alpha value is -4.91. The van der Waals surface area contributed by atoms with E-state index in [4.69, 9.17) is 23.2 Å². The summed E-state index contributed by atoms with van der Waals surface area (Å²) in [6.45, 7) is 0. The summed E-state index contributed by atoms with van der Waals surface area (Å²) in [6.07, 6.45) is 0. The monoisotopic (exact) mass is 678 g/mol. The molecule has 0 unspecified atom stereocenters. The van der Waals surface area contributed by atoms with E-state index < -0.39 is 0 Å². The molecular weight excluding hydrogens is 651 g/mol. The Labute approximate surface area is 281 Å².